The summed E-state index contributed by atoms with van der Waals surface area (Å²) in [5, 5.41) is 8.83. The van der Waals surface area contributed by atoms with Gasteiger partial charge in [0.25, 0.3) is 0 Å². The molecule has 0 aliphatic carbocycles. The third-order valence-corrected chi connectivity index (χ3v) is 2.48. The van der Waals surface area contributed by atoms with Crippen molar-refractivity contribution in [3.63, 3.8) is 0 Å². The van der Waals surface area contributed by atoms with Gasteiger partial charge in [-0.25, -0.2) is 4.39 Å². The Balaban J connectivity index is 3.14. The molecule has 0 aliphatic rings. The van der Waals surface area contributed by atoms with E-state index in [-0.39, 0.29) is 11.7 Å². The molecule has 0 saturated carbocycles. The van der Waals surface area contributed by atoms with Gasteiger partial charge in [0, 0.05) is 0 Å². The molecule has 1 atom stereocenters. The maximum atomic E-state index is 13.2. The monoisotopic (exact) mass is 210 g/mol. The number of hydrogen-bond acceptors (Lipinski definition) is 1. The number of aliphatic carboxylic acids is 1. The van der Waals surface area contributed by atoms with E-state index in [1.165, 1.54) is 12.1 Å². The van der Waals surface area contributed by atoms with Crippen LogP contribution in [0.5, 0.6) is 0 Å². The van der Waals surface area contributed by atoms with Crippen LogP contribution in [-0.2, 0) is 4.79 Å². The molecule has 0 aliphatic heterocycles. The lowest BCUT2D eigenvalue weighted by molar-refractivity contribution is -0.138. The minimum atomic E-state index is -0.935. The molecule has 1 rings (SSSR count). The molecule has 1 aromatic carbocycles. The van der Waals surface area contributed by atoms with Crippen molar-refractivity contribution in [1.29, 1.82) is 0 Å². The van der Waals surface area contributed by atoms with E-state index in [1.54, 1.807) is 13.0 Å². The predicted octanol–water partition coefficient (Wildman–Crippen LogP) is 3.14. The van der Waals surface area contributed by atoms with Crippen molar-refractivity contribution < 1.29 is 14.3 Å². The number of carboxylic acid groups (broad SMARTS) is 1. The first-order valence-electron chi connectivity index (χ1n) is 4.95. The lowest BCUT2D eigenvalue weighted by atomic mass is 9.95. The fraction of sp³-hybridized carbons (Fsp3) is 0.417. The van der Waals surface area contributed by atoms with Crippen LogP contribution in [0.4, 0.5) is 4.39 Å². The van der Waals surface area contributed by atoms with Crippen molar-refractivity contribution >= 4 is 5.97 Å². The molecule has 1 aromatic rings. The number of carboxylic acids is 1. The normalized spacial score (nSPS) is 12.9. The molecular formula is C12H15FO2. The Hall–Kier alpha value is -1.38. The summed E-state index contributed by atoms with van der Waals surface area (Å²) in [5.41, 5.74) is 1.35. The van der Waals surface area contributed by atoms with E-state index >= 15 is 0 Å². The van der Waals surface area contributed by atoms with Crippen LogP contribution in [0, 0.1) is 5.82 Å². The van der Waals surface area contributed by atoms with Crippen LogP contribution < -0.4 is 0 Å². The number of benzene rings is 1. The highest BCUT2D eigenvalue weighted by atomic mass is 19.1. The minimum Gasteiger partial charge on any atom is -0.481 e. The first kappa shape index (κ1) is 11.7. The van der Waals surface area contributed by atoms with Crippen molar-refractivity contribution in [3.8, 4) is 0 Å². The average Bonchev–Trinajstić information content (AvgIpc) is 2.15. The van der Waals surface area contributed by atoms with Crippen molar-refractivity contribution in [2.24, 2.45) is 0 Å². The first-order chi connectivity index (χ1) is 6.91. The quantitative estimate of drug-likeness (QED) is 0.832. The molecule has 0 radical (unpaired) electrons. The number of hydrogen-bond donors (Lipinski definition) is 1. The second-order valence-corrected chi connectivity index (χ2v) is 4.03. The van der Waals surface area contributed by atoms with Gasteiger partial charge in [-0.1, -0.05) is 19.9 Å². The Morgan fingerprint density at radius 3 is 2.20 bits per heavy atom. The highest BCUT2D eigenvalue weighted by molar-refractivity contribution is 5.75. The molecule has 0 saturated heterocycles. The zero-order valence-electron chi connectivity index (χ0n) is 9.12. The molecule has 0 spiro atoms. The fourth-order valence-corrected chi connectivity index (χ4v) is 1.36. The van der Waals surface area contributed by atoms with Gasteiger partial charge < -0.3 is 5.11 Å². The average molecular weight is 210 g/mol. The number of halogens is 1. The van der Waals surface area contributed by atoms with Crippen LogP contribution in [0.15, 0.2) is 18.2 Å². The van der Waals surface area contributed by atoms with E-state index in [9.17, 15) is 9.18 Å². The van der Waals surface area contributed by atoms with Crippen molar-refractivity contribution in [2.45, 2.75) is 32.6 Å². The fourth-order valence-electron chi connectivity index (χ4n) is 1.36. The molecule has 82 valence electrons. The lowest BCUT2D eigenvalue weighted by Crippen LogP contribution is -2.08. The Labute approximate surface area is 88.7 Å². The van der Waals surface area contributed by atoms with Crippen LogP contribution in [0.3, 0.4) is 0 Å². The summed E-state index contributed by atoms with van der Waals surface area (Å²) >= 11 is 0. The van der Waals surface area contributed by atoms with Crippen LogP contribution in [-0.4, -0.2) is 11.1 Å². The van der Waals surface area contributed by atoms with Gasteiger partial charge in [-0.05, 0) is 36.1 Å². The molecular weight excluding hydrogens is 195 g/mol. The highest BCUT2D eigenvalue weighted by Crippen LogP contribution is 2.23. The van der Waals surface area contributed by atoms with E-state index in [4.69, 9.17) is 5.11 Å². The van der Waals surface area contributed by atoms with E-state index in [0.29, 0.717) is 5.56 Å². The van der Waals surface area contributed by atoms with Gasteiger partial charge in [0.15, 0.2) is 0 Å². The molecule has 0 amide bonds. The third-order valence-electron chi connectivity index (χ3n) is 2.48. The van der Waals surface area contributed by atoms with Crippen LogP contribution in [0.2, 0.25) is 0 Å². The van der Waals surface area contributed by atoms with E-state index < -0.39 is 11.9 Å². The molecule has 0 aromatic heterocycles. The van der Waals surface area contributed by atoms with Crippen molar-refractivity contribution in [2.75, 3.05) is 0 Å². The maximum Gasteiger partial charge on any atom is 0.310 e. The number of carbonyl (C=O) groups is 1. The summed E-state index contributed by atoms with van der Waals surface area (Å²) in [7, 11) is 0. The smallest absolute Gasteiger partial charge is 0.310 e. The molecule has 0 bridgehead atoms. The summed E-state index contributed by atoms with van der Waals surface area (Å²) in [6, 6.07) is 4.49. The SMILES string of the molecule is CC(C)c1cc(F)cc(C(C)C(=O)O)c1. The third kappa shape index (κ3) is 2.78. The Kier molecular flexibility index (Phi) is 3.45. The molecule has 0 heterocycles. The summed E-state index contributed by atoms with van der Waals surface area (Å²) in [6.45, 7) is 5.45. The minimum absolute atomic E-state index is 0.195. The van der Waals surface area contributed by atoms with Crippen LogP contribution in [0.1, 0.15) is 43.7 Å². The van der Waals surface area contributed by atoms with Gasteiger partial charge in [-0.2, -0.15) is 0 Å². The zero-order valence-corrected chi connectivity index (χ0v) is 9.12. The zero-order chi connectivity index (χ0) is 11.6. The van der Waals surface area contributed by atoms with Gasteiger partial charge in [0.05, 0.1) is 5.92 Å². The van der Waals surface area contributed by atoms with Gasteiger partial charge in [0.1, 0.15) is 5.82 Å². The van der Waals surface area contributed by atoms with Crippen molar-refractivity contribution in [3.05, 3.63) is 35.1 Å². The molecule has 3 heteroatoms. The summed E-state index contributed by atoms with van der Waals surface area (Å²) in [6.07, 6.45) is 0. The summed E-state index contributed by atoms with van der Waals surface area (Å²) in [4.78, 5) is 10.8. The van der Waals surface area contributed by atoms with Crippen molar-refractivity contribution in [1.82, 2.24) is 0 Å². The van der Waals surface area contributed by atoms with E-state index in [1.807, 2.05) is 13.8 Å². The summed E-state index contributed by atoms with van der Waals surface area (Å²) < 4.78 is 13.2. The molecule has 2 nitrogen and oxygen atoms in total. The predicted molar refractivity (Wildman–Crippen MR) is 56.5 cm³/mol. The second kappa shape index (κ2) is 4.43. The first-order valence-corrected chi connectivity index (χ1v) is 4.95. The molecule has 1 unspecified atom stereocenters. The highest BCUT2D eigenvalue weighted by Gasteiger charge is 2.15. The standard InChI is InChI=1S/C12H15FO2/c1-7(2)9-4-10(6-11(13)5-9)8(3)12(14)15/h4-8H,1-3H3,(H,14,15). The molecule has 15 heavy (non-hydrogen) atoms. The van der Waals surface area contributed by atoms with Gasteiger partial charge in [0.2, 0.25) is 0 Å². The Bertz CT molecular complexity index is 372. The maximum absolute atomic E-state index is 13.2. The number of rotatable bonds is 3. The topological polar surface area (TPSA) is 37.3 Å². The van der Waals surface area contributed by atoms with Gasteiger partial charge in [-0.15, -0.1) is 0 Å². The second-order valence-electron chi connectivity index (χ2n) is 4.03. The summed E-state index contributed by atoms with van der Waals surface area (Å²) in [5.74, 6) is -1.78. The lowest BCUT2D eigenvalue weighted by Gasteiger charge is -2.11. The van der Waals surface area contributed by atoms with Crippen LogP contribution >= 0.6 is 0 Å². The Morgan fingerprint density at radius 1 is 1.20 bits per heavy atom. The molecule has 1 N–H and O–H groups in total. The van der Waals surface area contributed by atoms with Gasteiger partial charge >= 0.3 is 5.97 Å². The van der Waals surface area contributed by atoms with Gasteiger partial charge in [-0.3, -0.25) is 4.79 Å². The Morgan fingerprint density at radius 2 is 1.73 bits per heavy atom. The van der Waals surface area contributed by atoms with Crippen LogP contribution in [0.25, 0.3) is 0 Å². The molecule has 0 fully saturated rings. The van der Waals surface area contributed by atoms with E-state index in [0.717, 1.165) is 5.56 Å². The largest absolute Gasteiger partial charge is 0.481 e. The van der Waals surface area contributed by atoms with E-state index in [2.05, 4.69) is 0 Å².